The van der Waals surface area contributed by atoms with E-state index in [1.807, 2.05) is 42.5 Å². The minimum atomic E-state index is -0.594. The predicted molar refractivity (Wildman–Crippen MR) is 119 cm³/mol. The summed E-state index contributed by atoms with van der Waals surface area (Å²) < 4.78 is 11.8. The molecule has 1 heterocycles. The molecule has 7 heteroatoms. The zero-order chi connectivity index (χ0) is 20.5. The quantitative estimate of drug-likeness (QED) is 0.285. The Balaban J connectivity index is 1.49. The summed E-state index contributed by atoms with van der Waals surface area (Å²) in [5.41, 5.74) is 1.08. The average molecular weight is 414 g/mol. The third-order valence-corrected chi connectivity index (χ3v) is 5.59. The second kappa shape index (κ2) is 10.8. The summed E-state index contributed by atoms with van der Waals surface area (Å²) in [4.78, 5) is 5.17. The van der Waals surface area contributed by atoms with E-state index in [2.05, 4.69) is 27.8 Å². The average Bonchev–Trinajstić information content (AvgIpc) is 3.19. The van der Waals surface area contributed by atoms with E-state index in [1.54, 1.807) is 25.5 Å². The number of thiophene rings is 1. The Kier molecular flexibility index (Phi) is 7.86. The van der Waals surface area contributed by atoms with Gasteiger partial charge in [0.15, 0.2) is 5.96 Å². The van der Waals surface area contributed by atoms with Crippen LogP contribution in [-0.4, -0.2) is 45.0 Å². The Morgan fingerprint density at radius 1 is 1.10 bits per heavy atom. The molecular weight excluding hydrogens is 386 g/mol. The van der Waals surface area contributed by atoms with E-state index in [0.29, 0.717) is 32.3 Å². The topological polar surface area (TPSA) is 75.1 Å². The van der Waals surface area contributed by atoms with Gasteiger partial charge >= 0.3 is 0 Å². The van der Waals surface area contributed by atoms with Gasteiger partial charge in [-0.05, 0) is 35.2 Å². The van der Waals surface area contributed by atoms with E-state index in [4.69, 9.17) is 9.47 Å². The monoisotopic (exact) mass is 413 g/mol. The highest BCUT2D eigenvalue weighted by atomic mass is 32.1. The van der Waals surface area contributed by atoms with E-state index in [9.17, 15) is 5.11 Å². The van der Waals surface area contributed by atoms with Crippen molar-refractivity contribution in [2.75, 3.05) is 33.9 Å². The van der Waals surface area contributed by atoms with Gasteiger partial charge in [0.2, 0.25) is 0 Å². The van der Waals surface area contributed by atoms with Crippen LogP contribution in [0.1, 0.15) is 16.5 Å². The molecule has 0 amide bonds. The van der Waals surface area contributed by atoms with Gasteiger partial charge in [0.1, 0.15) is 18.5 Å². The van der Waals surface area contributed by atoms with E-state index >= 15 is 0 Å². The maximum absolute atomic E-state index is 10.5. The molecule has 29 heavy (non-hydrogen) atoms. The molecule has 1 unspecified atom stereocenters. The summed E-state index contributed by atoms with van der Waals surface area (Å²) in [7, 11) is 3.37. The molecule has 0 fully saturated rings. The van der Waals surface area contributed by atoms with E-state index in [1.165, 1.54) is 4.70 Å². The Hall–Kier alpha value is -2.61. The third kappa shape index (κ3) is 6.19. The number of hydrogen-bond donors (Lipinski definition) is 3. The molecule has 3 N–H and O–H groups in total. The van der Waals surface area contributed by atoms with E-state index in [-0.39, 0.29) is 0 Å². The van der Waals surface area contributed by atoms with Crippen LogP contribution in [0.15, 0.2) is 59.6 Å². The van der Waals surface area contributed by atoms with Crippen molar-refractivity contribution in [3.63, 3.8) is 0 Å². The lowest BCUT2D eigenvalue weighted by molar-refractivity contribution is 0.146. The standard InChI is InChI=1S/C22H27N3O3S/c1-23-22(24-14-16-6-5-8-18(12-16)28-11-10-27-2)25-15-19(26)21-13-17-7-3-4-9-20(17)29-21/h3-9,12-13,19,26H,10-11,14-15H2,1-2H3,(H2,23,24,25). The van der Waals surface area contributed by atoms with Crippen LogP contribution in [0.4, 0.5) is 0 Å². The lowest BCUT2D eigenvalue weighted by Crippen LogP contribution is -2.38. The van der Waals surface area contributed by atoms with Gasteiger partial charge in [-0.1, -0.05) is 30.3 Å². The second-order valence-electron chi connectivity index (χ2n) is 6.50. The summed E-state index contributed by atoms with van der Waals surface area (Å²) in [5, 5.41) is 18.1. The molecule has 0 spiro atoms. The van der Waals surface area contributed by atoms with Crippen molar-refractivity contribution in [2.45, 2.75) is 12.6 Å². The molecule has 0 radical (unpaired) electrons. The Morgan fingerprint density at radius 2 is 1.97 bits per heavy atom. The molecule has 0 aliphatic carbocycles. The highest BCUT2D eigenvalue weighted by molar-refractivity contribution is 7.19. The maximum Gasteiger partial charge on any atom is 0.191 e. The van der Waals surface area contributed by atoms with E-state index in [0.717, 1.165) is 21.6 Å². The number of nitrogens with zero attached hydrogens (tertiary/aromatic N) is 1. The van der Waals surface area contributed by atoms with Crippen molar-refractivity contribution in [2.24, 2.45) is 4.99 Å². The van der Waals surface area contributed by atoms with Gasteiger partial charge in [-0.15, -0.1) is 11.3 Å². The van der Waals surface area contributed by atoms with Crippen molar-refractivity contribution in [3.05, 3.63) is 65.0 Å². The van der Waals surface area contributed by atoms with Crippen molar-refractivity contribution in [1.82, 2.24) is 10.6 Å². The molecule has 1 atom stereocenters. The number of rotatable bonds is 9. The van der Waals surface area contributed by atoms with Crippen LogP contribution in [0.25, 0.3) is 10.1 Å². The maximum atomic E-state index is 10.5. The molecule has 0 aliphatic heterocycles. The lowest BCUT2D eigenvalue weighted by Gasteiger charge is -2.15. The summed E-state index contributed by atoms with van der Waals surface area (Å²) in [6, 6.07) is 18.1. The first kappa shape index (κ1) is 21.1. The Labute approximate surface area is 175 Å². The number of aliphatic imine (C=N–C) groups is 1. The fourth-order valence-electron chi connectivity index (χ4n) is 2.86. The van der Waals surface area contributed by atoms with Gasteiger partial charge in [-0.2, -0.15) is 0 Å². The zero-order valence-corrected chi connectivity index (χ0v) is 17.5. The number of ether oxygens (including phenoxy) is 2. The number of aliphatic hydroxyl groups is 1. The van der Waals surface area contributed by atoms with Crippen LogP contribution in [-0.2, 0) is 11.3 Å². The summed E-state index contributed by atoms with van der Waals surface area (Å²) in [5.74, 6) is 1.44. The Morgan fingerprint density at radius 3 is 2.76 bits per heavy atom. The minimum Gasteiger partial charge on any atom is -0.491 e. The SMILES string of the molecule is CN=C(NCc1cccc(OCCOC)c1)NCC(O)c1cc2ccccc2s1. The minimum absolute atomic E-state index is 0.382. The largest absolute Gasteiger partial charge is 0.491 e. The first-order valence-electron chi connectivity index (χ1n) is 9.51. The van der Waals surface area contributed by atoms with Gasteiger partial charge < -0.3 is 25.2 Å². The molecule has 0 aliphatic rings. The number of benzene rings is 2. The first-order chi connectivity index (χ1) is 14.2. The number of hydrogen-bond acceptors (Lipinski definition) is 5. The van der Waals surface area contributed by atoms with Gasteiger partial charge in [0.05, 0.1) is 6.61 Å². The normalized spacial score (nSPS) is 12.7. The zero-order valence-electron chi connectivity index (χ0n) is 16.7. The number of nitrogens with one attached hydrogen (secondary N) is 2. The molecule has 2 aromatic carbocycles. The van der Waals surface area contributed by atoms with Gasteiger partial charge in [0, 0.05) is 36.8 Å². The van der Waals surface area contributed by atoms with Crippen LogP contribution in [0.3, 0.4) is 0 Å². The molecule has 3 aromatic rings. The van der Waals surface area contributed by atoms with Crippen LogP contribution in [0.2, 0.25) is 0 Å². The molecule has 3 rings (SSSR count). The van der Waals surface area contributed by atoms with Gasteiger partial charge in [-0.25, -0.2) is 0 Å². The number of fused-ring (bicyclic) bond motifs is 1. The molecule has 0 saturated carbocycles. The summed E-state index contributed by atoms with van der Waals surface area (Å²) in [6.45, 7) is 2.06. The molecular formula is C22H27N3O3S. The molecule has 154 valence electrons. The van der Waals surface area contributed by atoms with Gasteiger partial charge in [-0.3, -0.25) is 4.99 Å². The summed E-state index contributed by atoms with van der Waals surface area (Å²) in [6.07, 6.45) is -0.594. The second-order valence-corrected chi connectivity index (χ2v) is 7.61. The van der Waals surface area contributed by atoms with Crippen molar-refractivity contribution in [3.8, 4) is 5.75 Å². The Bertz CT molecular complexity index is 909. The van der Waals surface area contributed by atoms with Crippen LogP contribution in [0, 0.1) is 0 Å². The van der Waals surface area contributed by atoms with Crippen LogP contribution < -0.4 is 15.4 Å². The van der Waals surface area contributed by atoms with Crippen molar-refractivity contribution in [1.29, 1.82) is 0 Å². The van der Waals surface area contributed by atoms with Gasteiger partial charge in [0.25, 0.3) is 0 Å². The van der Waals surface area contributed by atoms with E-state index < -0.39 is 6.10 Å². The fraction of sp³-hybridized carbons (Fsp3) is 0.318. The molecule has 1 aromatic heterocycles. The fourth-order valence-corrected chi connectivity index (χ4v) is 3.91. The lowest BCUT2D eigenvalue weighted by atomic mass is 10.2. The first-order valence-corrected chi connectivity index (χ1v) is 10.3. The third-order valence-electron chi connectivity index (χ3n) is 4.37. The smallest absolute Gasteiger partial charge is 0.191 e. The summed E-state index contributed by atoms with van der Waals surface area (Å²) >= 11 is 1.61. The molecule has 6 nitrogen and oxygen atoms in total. The van der Waals surface area contributed by atoms with Crippen molar-refractivity contribution < 1.29 is 14.6 Å². The van der Waals surface area contributed by atoms with Crippen molar-refractivity contribution >= 4 is 27.4 Å². The number of aliphatic hydroxyl groups excluding tert-OH is 1. The number of methoxy groups -OCH3 is 1. The van der Waals surface area contributed by atoms with Crippen LogP contribution in [0.5, 0.6) is 5.75 Å². The molecule has 0 bridgehead atoms. The highest BCUT2D eigenvalue weighted by Crippen LogP contribution is 2.29. The molecule has 0 saturated heterocycles. The van der Waals surface area contributed by atoms with Crippen LogP contribution >= 0.6 is 11.3 Å². The number of guanidine groups is 1. The predicted octanol–water partition coefficient (Wildman–Crippen LogP) is 3.33. The highest BCUT2D eigenvalue weighted by Gasteiger charge is 2.12.